The Hall–Kier alpha value is -2.08. The number of nitro benzene ring substituents is 1. The number of nitrogens with zero attached hydrogens (tertiary/aromatic N) is 3. The molecule has 1 aliphatic heterocycles. The maximum atomic E-state index is 13.4. The highest BCUT2D eigenvalue weighted by molar-refractivity contribution is 7.99. The molecule has 11 heteroatoms. The molecule has 0 aromatic heterocycles. The van der Waals surface area contributed by atoms with Gasteiger partial charge in [-0.25, -0.2) is 17.2 Å². The molecule has 1 heterocycles. The number of hydrogen-bond acceptors (Lipinski definition) is 6. The van der Waals surface area contributed by atoms with Gasteiger partial charge in [-0.15, -0.1) is 0 Å². The van der Waals surface area contributed by atoms with Gasteiger partial charge in [-0.05, 0) is 37.4 Å². The van der Waals surface area contributed by atoms with Gasteiger partial charge in [0.1, 0.15) is 0 Å². The quantitative estimate of drug-likeness (QED) is 0.537. The number of likely N-dealkylation sites (N-methyl/N-ethyl adjacent to an activating group) is 1. The van der Waals surface area contributed by atoms with Crippen molar-refractivity contribution in [1.29, 1.82) is 0 Å². The topological polar surface area (TPSA) is 83.8 Å². The number of benzene rings is 2. The molecule has 0 bridgehead atoms. The molecule has 1 fully saturated rings. The normalized spacial score (nSPS) is 16.2. The lowest BCUT2D eigenvalue weighted by Crippen LogP contribution is -2.47. The maximum absolute atomic E-state index is 13.4. The van der Waals surface area contributed by atoms with Gasteiger partial charge in [-0.2, -0.15) is 4.31 Å². The Bertz CT molecular complexity index is 1010. The van der Waals surface area contributed by atoms with Gasteiger partial charge in [0.2, 0.25) is 10.0 Å². The Balaban J connectivity index is 1.92. The van der Waals surface area contributed by atoms with Crippen LogP contribution in [0.4, 0.5) is 14.5 Å². The first-order chi connectivity index (χ1) is 13.2. The summed E-state index contributed by atoms with van der Waals surface area (Å²) in [6, 6.07) is 6.77. The van der Waals surface area contributed by atoms with E-state index in [1.165, 1.54) is 22.5 Å². The lowest BCUT2D eigenvalue weighted by molar-refractivity contribution is -0.388. The molecular formula is C17H17F2N3O4S2. The standard InChI is InChI=1S/C17H17F2N3O4S2/c1-20-6-8-21(9-7-20)28(25,26)13-3-5-17(16(11-13)22(23)24)27-12-2-4-14(18)15(19)10-12/h2-5,10-11H,6-9H2,1H3. The number of sulfonamides is 1. The average molecular weight is 429 g/mol. The predicted octanol–water partition coefficient (Wildman–Crippen LogP) is 2.96. The van der Waals surface area contributed by atoms with Gasteiger partial charge in [0.25, 0.3) is 5.69 Å². The summed E-state index contributed by atoms with van der Waals surface area (Å²) in [7, 11) is -1.97. The zero-order valence-electron chi connectivity index (χ0n) is 14.8. The SMILES string of the molecule is CN1CCN(S(=O)(=O)c2ccc(Sc3ccc(F)c(F)c3)c([N+](=O)[O-])c2)CC1. The summed E-state index contributed by atoms with van der Waals surface area (Å²) in [5, 5.41) is 11.5. The minimum absolute atomic E-state index is 0.133. The largest absolute Gasteiger partial charge is 0.304 e. The third-order valence-corrected chi connectivity index (χ3v) is 7.30. The molecule has 0 N–H and O–H groups in total. The fourth-order valence-electron chi connectivity index (χ4n) is 2.73. The Morgan fingerprint density at radius 1 is 1.04 bits per heavy atom. The van der Waals surface area contributed by atoms with Gasteiger partial charge in [-0.1, -0.05) is 11.8 Å². The molecule has 7 nitrogen and oxygen atoms in total. The van der Waals surface area contributed by atoms with Crippen molar-refractivity contribution in [2.24, 2.45) is 0 Å². The molecule has 0 aliphatic carbocycles. The minimum Gasteiger partial charge on any atom is -0.304 e. The number of rotatable bonds is 5. The fraction of sp³-hybridized carbons (Fsp3) is 0.294. The number of nitro groups is 1. The number of piperazine rings is 1. The van der Waals surface area contributed by atoms with Gasteiger partial charge in [0, 0.05) is 37.1 Å². The van der Waals surface area contributed by atoms with Crippen LogP contribution in [0.15, 0.2) is 51.1 Å². The third-order valence-electron chi connectivity index (χ3n) is 4.35. The Morgan fingerprint density at radius 2 is 1.71 bits per heavy atom. The van der Waals surface area contributed by atoms with E-state index in [0.29, 0.717) is 26.2 Å². The van der Waals surface area contributed by atoms with Crippen molar-refractivity contribution in [2.45, 2.75) is 14.7 Å². The van der Waals surface area contributed by atoms with Crippen LogP contribution in [0.2, 0.25) is 0 Å². The summed E-state index contributed by atoms with van der Waals surface area (Å²) in [5.41, 5.74) is -0.412. The minimum atomic E-state index is -3.86. The van der Waals surface area contributed by atoms with Gasteiger partial charge in [0.15, 0.2) is 11.6 Å². The van der Waals surface area contributed by atoms with Crippen LogP contribution in [-0.4, -0.2) is 55.8 Å². The molecule has 2 aromatic rings. The van der Waals surface area contributed by atoms with E-state index < -0.39 is 32.3 Å². The highest BCUT2D eigenvalue weighted by atomic mass is 32.2. The van der Waals surface area contributed by atoms with Gasteiger partial charge < -0.3 is 4.90 Å². The van der Waals surface area contributed by atoms with Crippen LogP contribution >= 0.6 is 11.8 Å². The fourth-order valence-corrected chi connectivity index (χ4v) is 5.10. The van der Waals surface area contributed by atoms with E-state index in [-0.39, 0.29) is 14.7 Å². The highest BCUT2D eigenvalue weighted by Crippen LogP contribution is 2.37. The first-order valence-electron chi connectivity index (χ1n) is 8.28. The second-order valence-corrected chi connectivity index (χ2v) is 9.33. The lowest BCUT2D eigenvalue weighted by atomic mass is 10.3. The number of halogens is 2. The van der Waals surface area contributed by atoms with E-state index in [1.807, 2.05) is 11.9 Å². The number of hydrogen-bond donors (Lipinski definition) is 0. The molecular weight excluding hydrogens is 412 g/mol. The first kappa shape index (κ1) is 20.6. The van der Waals surface area contributed by atoms with E-state index in [2.05, 4.69) is 0 Å². The Labute approximate surface area is 165 Å². The van der Waals surface area contributed by atoms with Crippen LogP contribution in [0, 0.1) is 21.7 Å². The van der Waals surface area contributed by atoms with Crippen LogP contribution in [0.5, 0.6) is 0 Å². The molecule has 0 radical (unpaired) electrons. The van der Waals surface area contributed by atoms with Gasteiger partial charge in [0.05, 0.1) is 14.7 Å². The second kappa shape index (κ2) is 8.11. The highest BCUT2D eigenvalue weighted by Gasteiger charge is 2.29. The van der Waals surface area contributed by atoms with E-state index >= 15 is 0 Å². The first-order valence-corrected chi connectivity index (χ1v) is 10.5. The molecule has 150 valence electrons. The van der Waals surface area contributed by atoms with Crippen molar-refractivity contribution in [1.82, 2.24) is 9.21 Å². The molecule has 1 aliphatic rings. The summed E-state index contributed by atoms with van der Waals surface area (Å²) in [5.74, 6) is -2.09. The van der Waals surface area contributed by atoms with Crippen molar-refractivity contribution in [3.8, 4) is 0 Å². The summed E-state index contributed by atoms with van der Waals surface area (Å²) in [6.45, 7) is 1.76. The monoisotopic (exact) mass is 429 g/mol. The maximum Gasteiger partial charge on any atom is 0.284 e. The van der Waals surface area contributed by atoms with Crippen molar-refractivity contribution >= 4 is 27.5 Å². The summed E-state index contributed by atoms with van der Waals surface area (Å²) in [4.78, 5) is 13.0. The average Bonchev–Trinajstić information content (AvgIpc) is 2.65. The zero-order chi connectivity index (χ0) is 20.5. The molecule has 0 amide bonds. The second-order valence-electron chi connectivity index (χ2n) is 6.27. The zero-order valence-corrected chi connectivity index (χ0v) is 16.5. The van der Waals surface area contributed by atoms with Crippen molar-refractivity contribution in [2.75, 3.05) is 33.2 Å². The van der Waals surface area contributed by atoms with Crippen LogP contribution < -0.4 is 0 Å². The molecule has 3 rings (SSSR count). The molecule has 0 saturated carbocycles. The molecule has 0 unspecified atom stereocenters. The molecule has 2 aromatic carbocycles. The van der Waals surface area contributed by atoms with E-state index in [0.717, 1.165) is 30.0 Å². The third kappa shape index (κ3) is 4.32. The van der Waals surface area contributed by atoms with Crippen molar-refractivity contribution in [3.05, 3.63) is 58.1 Å². The van der Waals surface area contributed by atoms with Crippen molar-refractivity contribution < 1.29 is 22.1 Å². The molecule has 0 spiro atoms. The lowest BCUT2D eigenvalue weighted by Gasteiger charge is -2.31. The summed E-state index contributed by atoms with van der Waals surface area (Å²) in [6.07, 6.45) is 0. The Kier molecular flexibility index (Phi) is 5.98. The predicted molar refractivity (Wildman–Crippen MR) is 99.8 cm³/mol. The Morgan fingerprint density at radius 3 is 2.32 bits per heavy atom. The van der Waals surface area contributed by atoms with E-state index in [4.69, 9.17) is 0 Å². The molecule has 28 heavy (non-hydrogen) atoms. The van der Waals surface area contributed by atoms with Crippen molar-refractivity contribution in [3.63, 3.8) is 0 Å². The van der Waals surface area contributed by atoms with Crippen LogP contribution in [-0.2, 0) is 10.0 Å². The van der Waals surface area contributed by atoms with Crippen LogP contribution in [0.3, 0.4) is 0 Å². The smallest absolute Gasteiger partial charge is 0.284 e. The van der Waals surface area contributed by atoms with Gasteiger partial charge >= 0.3 is 0 Å². The molecule has 1 saturated heterocycles. The van der Waals surface area contributed by atoms with E-state index in [1.54, 1.807) is 0 Å². The summed E-state index contributed by atoms with van der Waals surface area (Å²) < 4.78 is 53.4. The molecule has 0 atom stereocenters. The van der Waals surface area contributed by atoms with Crippen LogP contribution in [0.1, 0.15) is 0 Å². The van der Waals surface area contributed by atoms with E-state index in [9.17, 15) is 27.3 Å². The van der Waals surface area contributed by atoms with Crippen LogP contribution in [0.25, 0.3) is 0 Å². The summed E-state index contributed by atoms with van der Waals surface area (Å²) >= 11 is 0.857. The van der Waals surface area contributed by atoms with Gasteiger partial charge in [-0.3, -0.25) is 10.1 Å².